The van der Waals surface area contributed by atoms with Crippen LogP contribution in [0, 0.1) is 0 Å². The number of amides is 3. The van der Waals surface area contributed by atoms with Gasteiger partial charge in [-0.25, -0.2) is 9.78 Å². The molecular formula is C22H31N5O5. The van der Waals surface area contributed by atoms with Gasteiger partial charge in [0.2, 0.25) is 5.91 Å². The van der Waals surface area contributed by atoms with E-state index in [1.807, 2.05) is 23.6 Å². The zero-order valence-electron chi connectivity index (χ0n) is 19.2. The molecule has 3 rings (SSSR count). The van der Waals surface area contributed by atoms with E-state index in [0.29, 0.717) is 31.2 Å². The van der Waals surface area contributed by atoms with Gasteiger partial charge < -0.3 is 29.6 Å². The van der Waals surface area contributed by atoms with Gasteiger partial charge >= 0.3 is 6.09 Å². The average Bonchev–Trinajstić information content (AvgIpc) is 3.07. The topological polar surface area (TPSA) is 115 Å². The van der Waals surface area contributed by atoms with Crippen molar-refractivity contribution in [1.29, 1.82) is 0 Å². The number of ether oxygens (including phenoxy) is 2. The van der Waals surface area contributed by atoms with Crippen LogP contribution in [0.25, 0.3) is 11.0 Å². The van der Waals surface area contributed by atoms with E-state index in [2.05, 4.69) is 15.6 Å². The Morgan fingerprint density at radius 2 is 2.06 bits per heavy atom. The first-order chi connectivity index (χ1) is 15.1. The van der Waals surface area contributed by atoms with Crippen molar-refractivity contribution in [2.75, 3.05) is 19.6 Å². The normalized spacial score (nSPS) is 15.3. The summed E-state index contributed by atoms with van der Waals surface area (Å²) in [6.45, 7) is 10.9. The minimum Gasteiger partial charge on any atom is -0.481 e. The van der Waals surface area contributed by atoms with Crippen LogP contribution >= 0.6 is 0 Å². The summed E-state index contributed by atoms with van der Waals surface area (Å²) in [5.41, 5.74) is 1.02. The van der Waals surface area contributed by atoms with Gasteiger partial charge in [-0.15, -0.1) is 0 Å². The van der Waals surface area contributed by atoms with E-state index < -0.39 is 17.8 Å². The molecule has 0 bridgehead atoms. The Labute approximate surface area is 187 Å². The number of alkyl carbamates (subject to hydrolysis) is 1. The molecule has 10 nitrogen and oxygen atoms in total. The molecule has 32 heavy (non-hydrogen) atoms. The van der Waals surface area contributed by atoms with Gasteiger partial charge in [0.1, 0.15) is 17.2 Å². The summed E-state index contributed by atoms with van der Waals surface area (Å²) in [7, 11) is 0. The molecule has 0 spiro atoms. The number of aryl methyl sites for hydroxylation is 1. The molecular weight excluding hydrogens is 414 g/mol. The summed E-state index contributed by atoms with van der Waals surface area (Å²) >= 11 is 0. The molecule has 1 atom stereocenters. The van der Waals surface area contributed by atoms with E-state index in [4.69, 9.17) is 9.47 Å². The number of fused-ring (bicyclic) bond motifs is 1. The molecule has 1 aromatic heterocycles. The maximum absolute atomic E-state index is 12.6. The zero-order valence-corrected chi connectivity index (χ0v) is 19.2. The van der Waals surface area contributed by atoms with Crippen LogP contribution in [0.2, 0.25) is 0 Å². The number of nitrogens with zero attached hydrogens (tertiary/aromatic N) is 3. The highest BCUT2D eigenvalue weighted by Crippen LogP contribution is 2.23. The summed E-state index contributed by atoms with van der Waals surface area (Å²) in [4.78, 5) is 42.3. The van der Waals surface area contributed by atoms with Crippen molar-refractivity contribution >= 4 is 28.9 Å². The molecule has 2 N–H and O–H groups in total. The van der Waals surface area contributed by atoms with Crippen molar-refractivity contribution in [3.05, 3.63) is 24.0 Å². The Morgan fingerprint density at radius 3 is 2.72 bits per heavy atom. The molecule has 2 aromatic rings. The van der Waals surface area contributed by atoms with Gasteiger partial charge in [-0.3, -0.25) is 9.59 Å². The van der Waals surface area contributed by atoms with E-state index in [-0.39, 0.29) is 24.9 Å². The highest BCUT2D eigenvalue weighted by atomic mass is 16.6. The van der Waals surface area contributed by atoms with Crippen molar-refractivity contribution in [2.45, 2.75) is 59.4 Å². The molecule has 1 aliphatic heterocycles. The molecule has 0 saturated carbocycles. The van der Waals surface area contributed by atoms with Crippen LogP contribution in [0.15, 0.2) is 18.2 Å². The number of carbonyl (C=O) groups excluding carboxylic acids is 3. The smallest absolute Gasteiger partial charge is 0.408 e. The third-order valence-electron chi connectivity index (χ3n) is 4.92. The number of benzene rings is 1. The molecule has 1 aromatic carbocycles. The van der Waals surface area contributed by atoms with E-state index in [1.165, 1.54) is 4.90 Å². The fraction of sp³-hybridized carbons (Fsp3) is 0.545. The summed E-state index contributed by atoms with van der Waals surface area (Å²) in [5.74, 6) is 0.818. The van der Waals surface area contributed by atoms with E-state index >= 15 is 0 Å². The number of carbonyl (C=O) groups is 3. The molecule has 3 amide bonds. The lowest BCUT2D eigenvalue weighted by Gasteiger charge is -2.29. The second-order valence-electron chi connectivity index (χ2n) is 8.65. The SMILES string of the molecule is CCn1c(CNC(=O)OC(C)(C)C)nc2ccc(OC(C)C(=O)N3CCNC(=O)C3)cc21. The Bertz CT molecular complexity index is 1010. The van der Waals surface area contributed by atoms with E-state index in [9.17, 15) is 14.4 Å². The number of nitrogens with one attached hydrogen (secondary N) is 2. The second-order valence-corrected chi connectivity index (χ2v) is 8.65. The van der Waals surface area contributed by atoms with Crippen molar-refractivity contribution in [3.8, 4) is 5.75 Å². The van der Waals surface area contributed by atoms with Crippen molar-refractivity contribution in [3.63, 3.8) is 0 Å². The van der Waals surface area contributed by atoms with Gasteiger partial charge in [-0.1, -0.05) is 0 Å². The predicted molar refractivity (Wildman–Crippen MR) is 118 cm³/mol. The Balaban J connectivity index is 1.71. The van der Waals surface area contributed by atoms with Crippen LogP contribution < -0.4 is 15.4 Å². The van der Waals surface area contributed by atoms with Crippen LogP contribution in [-0.2, 0) is 27.4 Å². The largest absolute Gasteiger partial charge is 0.481 e. The van der Waals surface area contributed by atoms with Crippen molar-refractivity contribution < 1.29 is 23.9 Å². The van der Waals surface area contributed by atoms with E-state index in [0.717, 1.165) is 11.0 Å². The first kappa shape index (κ1) is 23.4. The van der Waals surface area contributed by atoms with Crippen molar-refractivity contribution in [1.82, 2.24) is 25.1 Å². The minimum atomic E-state index is -0.732. The molecule has 0 radical (unpaired) electrons. The van der Waals surface area contributed by atoms with Crippen LogP contribution in [0.5, 0.6) is 5.75 Å². The number of hydrogen-bond acceptors (Lipinski definition) is 6. The summed E-state index contributed by atoms with van der Waals surface area (Å²) in [6.07, 6.45) is -1.24. The zero-order chi connectivity index (χ0) is 23.5. The summed E-state index contributed by atoms with van der Waals surface area (Å²) in [6, 6.07) is 5.40. The minimum absolute atomic E-state index is 0.0438. The van der Waals surface area contributed by atoms with Crippen molar-refractivity contribution in [2.24, 2.45) is 0 Å². The molecule has 1 saturated heterocycles. The Kier molecular flexibility index (Phi) is 6.90. The Morgan fingerprint density at radius 1 is 1.31 bits per heavy atom. The van der Waals surface area contributed by atoms with Gasteiger partial charge in [0, 0.05) is 25.7 Å². The molecule has 1 fully saturated rings. The van der Waals surface area contributed by atoms with Gasteiger partial charge in [0.05, 0.1) is 24.1 Å². The lowest BCUT2D eigenvalue weighted by Crippen LogP contribution is -2.53. The fourth-order valence-electron chi connectivity index (χ4n) is 3.52. The number of piperazine rings is 1. The highest BCUT2D eigenvalue weighted by molar-refractivity contribution is 5.88. The number of rotatable bonds is 6. The fourth-order valence-corrected chi connectivity index (χ4v) is 3.52. The first-order valence-corrected chi connectivity index (χ1v) is 10.8. The number of hydrogen-bond donors (Lipinski definition) is 2. The maximum Gasteiger partial charge on any atom is 0.408 e. The standard InChI is InChI=1S/C22H31N5O5/c1-6-27-17-11-15(31-14(2)20(29)26-10-9-23-19(28)13-26)7-8-16(17)25-18(27)12-24-21(30)32-22(3,4)5/h7-8,11,14H,6,9-10,12-13H2,1-5H3,(H,23,28)(H,24,30). The molecule has 2 heterocycles. The third-order valence-corrected chi connectivity index (χ3v) is 4.92. The molecule has 0 aliphatic carbocycles. The summed E-state index contributed by atoms with van der Waals surface area (Å²) in [5, 5.41) is 5.44. The molecule has 1 unspecified atom stereocenters. The first-order valence-electron chi connectivity index (χ1n) is 10.8. The van der Waals surface area contributed by atoms with Crippen LogP contribution in [0.1, 0.15) is 40.4 Å². The van der Waals surface area contributed by atoms with Crippen LogP contribution in [0.3, 0.4) is 0 Å². The Hall–Kier alpha value is -3.30. The molecule has 174 valence electrons. The molecule has 1 aliphatic rings. The lowest BCUT2D eigenvalue weighted by atomic mass is 10.2. The summed E-state index contributed by atoms with van der Waals surface area (Å²) < 4.78 is 13.1. The van der Waals surface area contributed by atoms with E-state index in [1.54, 1.807) is 33.8 Å². The van der Waals surface area contributed by atoms with Gasteiger partial charge in [0.15, 0.2) is 6.10 Å². The number of imidazole rings is 1. The molecule has 10 heteroatoms. The van der Waals surface area contributed by atoms with Gasteiger partial charge in [0.25, 0.3) is 5.91 Å². The predicted octanol–water partition coefficient (Wildman–Crippen LogP) is 1.81. The van der Waals surface area contributed by atoms with Crippen LogP contribution in [0.4, 0.5) is 4.79 Å². The third kappa shape index (κ3) is 5.68. The van der Waals surface area contributed by atoms with Gasteiger partial charge in [-0.05, 0) is 46.8 Å². The number of aromatic nitrogens is 2. The van der Waals surface area contributed by atoms with Crippen LogP contribution in [-0.4, -0.2) is 63.7 Å². The maximum atomic E-state index is 12.6. The second kappa shape index (κ2) is 9.46. The monoisotopic (exact) mass is 445 g/mol. The quantitative estimate of drug-likeness (QED) is 0.701. The van der Waals surface area contributed by atoms with Gasteiger partial charge in [-0.2, -0.15) is 0 Å². The highest BCUT2D eigenvalue weighted by Gasteiger charge is 2.26. The average molecular weight is 446 g/mol. The lowest BCUT2D eigenvalue weighted by molar-refractivity contribution is -0.143.